The standard InChI is InChI=1S/C17H12BrF2N/c18-15-8-7-13(11-3-1-2-4-12(11)15)17(21)14-6-5-10(19)9-16(14)20/h1-9,17H,21H2. The van der Waals surface area contributed by atoms with Gasteiger partial charge in [-0.05, 0) is 28.5 Å². The second-order valence-electron chi connectivity index (χ2n) is 4.83. The fourth-order valence-corrected chi connectivity index (χ4v) is 2.96. The van der Waals surface area contributed by atoms with Gasteiger partial charge in [-0.15, -0.1) is 0 Å². The summed E-state index contributed by atoms with van der Waals surface area (Å²) >= 11 is 3.50. The highest BCUT2D eigenvalue weighted by atomic mass is 79.9. The van der Waals surface area contributed by atoms with Crippen LogP contribution in [0.2, 0.25) is 0 Å². The van der Waals surface area contributed by atoms with Crippen molar-refractivity contribution in [3.63, 3.8) is 0 Å². The van der Waals surface area contributed by atoms with Gasteiger partial charge in [-0.2, -0.15) is 0 Å². The molecule has 0 bridgehead atoms. The molecule has 0 saturated carbocycles. The summed E-state index contributed by atoms with van der Waals surface area (Å²) in [7, 11) is 0. The van der Waals surface area contributed by atoms with Crippen LogP contribution in [0.3, 0.4) is 0 Å². The van der Waals surface area contributed by atoms with Crippen molar-refractivity contribution >= 4 is 26.7 Å². The van der Waals surface area contributed by atoms with E-state index in [1.54, 1.807) is 0 Å². The van der Waals surface area contributed by atoms with Gasteiger partial charge in [0.05, 0.1) is 6.04 Å². The lowest BCUT2D eigenvalue weighted by Gasteiger charge is -2.16. The van der Waals surface area contributed by atoms with Gasteiger partial charge in [0.1, 0.15) is 11.6 Å². The van der Waals surface area contributed by atoms with E-state index in [0.717, 1.165) is 26.9 Å². The van der Waals surface area contributed by atoms with Gasteiger partial charge in [0.25, 0.3) is 0 Å². The van der Waals surface area contributed by atoms with E-state index in [1.807, 2.05) is 36.4 Å². The molecule has 3 rings (SSSR count). The van der Waals surface area contributed by atoms with Crippen molar-refractivity contribution in [1.82, 2.24) is 0 Å². The minimum Gasteiger partial charge on any atom is -0.320 e. The summed E-state index contributed by atoms with van der Waals surface area (Å²) in [5, 5.41) is 1.95. The van der Waals surface area contributed by atoms with Gasteiger partial charge in [-0.1, -0.05) is 52.3 Å². The molecule has 1 nitrogen and oxygen atoms in total. The Balaban J connectivity index is 2.18. The monoisotopic (exact) mass is 347 g/mol. The van der Waals surface area contributed by atoms with Crippen molar-refractivity contribution in [2.24, 2.45) is 5.73 Å². The van der Waals surface area contributed by atoms with Gasteiger partial charge in [0, 0.05) is 16.1 Å². The normalized spacial score (nSPS) is 12.6. The van der Waals surface area contributed by atoms with Crippen LogP contribution in [-0.4, -0.2) is 0 Å². The number of hydrogen-bond donors (Lipinski definition) is 1. The maximum absolute atomic E-state index is 13.9. The maximum Gasteiger partial charge on any atom is 0.131 e. The molecule has 0 aromatic heterocycles. The zero-order valence-electron chi connectivity index (χ0n) is 11.0. The molecule has 0 fully saturated rings. The van der Waals surface area contributed by atoms with Crippen molar-refractivity contribution in [2.75, 3.05) is 0 Å². The number of hydrogen-bond acceptors (Lipinski definition) is 1. The van der Waals surface area contributed by atoms with Crippen LogP contribution in [-0.2, 0) is 0 Å². The van der Waals surface area contributed by atoms with Crippen LogP contribution < -0.4 is 5.73 Å². The summed E-state index contributed by atoms with van der Waals surface area (Å²) in [5.41, 5.74) is 7.29. The fourth-order valence-electron chi connectivity index (χ4n) is 2.48. The lowest BCUT2D eigenvalue weighted by atomic mass is 9.94. The highest BCUT2D eigenvalue weighted by Gasteiger charge is 2.17. The van der Waals surface area contributed by atoms with E-state index in [1.165, 1.54) is 12.1 Å². The SMILES string of the molecule is NC(c1ccc(F)cc1F)c1ccc(Br)c2ccccc12. The zero-order chi connectivity index (χ0) is 15.0. The second kappa shape index (κ2) is 5.54. The summed E-state index contributed by atoms with van der Waals surface area (Å²) in [4.78, 5) is 0. The van der Waals surface area contributed by atoms with Crippen LogP contribution in [0.15, 0.2) is 59.1 Å². The van der Waals surface area contributed by atoms with Gasteiger partial charge in [-0.25, -0.2) is 8.78 Å². The Labute approximate surface area is 129 Å². The van der Waals surface area contributed by atoms with E-state index < -0.39 is 17.7 Å². The molecule has 0 heterocycles. The van der Waals surface area contributed by atoms with Gasteiger partial charge >= 0.3 is 0 Å². The molecule has 0 saturated heterocycles. The highest BCUT2D eigenvalue weighted by Crippen LogP contribution is 2.32. The Morgan fingerprint density at radius 2 is 1.52 bits per heavy atom. The highest BCUT2D eigenvalue weighted by molar-refractivity contribution is 9.10. The molecule has 2 N–H and O–H groups in total. The number of benzene rings is 3. The lowest BCUT2D eigenvalue weighted by Crippen LogP contribution is -2.14. The summed E-state index contributed by atoms with van der Waals surface area (Å²) in [6, 6.07) is 14.3. The van der Waals surface area contributed by atoms with Gasteiger partial charge in [0.2, 0.25) is 0 Å². The average Bonchev–Trinajstić information content (AvgIpc) is 2.47. The Hall–Kier alpha value is -1.78. The first-order chi connectivity index (χ1) is 10.1. The average molecular weight is 348 g/mol. The minimum atomic E-state index is -0.649. The topological polar surface area (TPSA) is 26.0 Å². The molecule has 1 atom stereocenters. The third-order valence-electron chi connectivity index (χ3n) is 3.54. The summed E-state index contributed by atoms with van der Waals surface area (Å²) in [6.45, 7) is 0. The number of nitrogens with two attached hydrogens (primary N) is 1. The molecule has 0 radical (unpaired) electrons. The van der Waals surface area contributed by atoms with E-state index in [9.17, 15) is 8.78 Å². The van der Waals surface area contributed by atoms with Crippen molar-refractivity contribution in [1.29, 1.82) is 0 Å². The zero-order valence-corrected chi connectivity index (χ0v) is 12.6. The van der Waals surface area contributed by atoms with Crippen LogP contribution >= 0.6 is 15.9 Å². The summed E-state index contributed by atoms with van der Waals surface area (Å²) in [6.07, 6.45) is 0. The van der Waals surface area contributed by atoms with E-state index in [0.29, 0.717) is 0 Å². The molecular formula is C17H12BrF2N. The molecule has 3 aromatic rings. The quantitative estimate of drug-likeness (QED) is 0.698. The molecule has 21 heavy (non-hydrogen) atoms. The fraction of sp³-hybridized carbons (Fsp3) is 0.0588. The van der Waals surface area contributed by atoms with E-state index in [2.05, 4.69) is 15.9 Å². The van der Waals surface area contributed by atoms with E-state index in [4.69, 9.17) is 5.73 Å². The van der Waals surface area contributed by atoms with Crippen LogP contribution in [0.25, 0.3) is 10.8 Å². The predicted molar refractivity (Wildman–Crippen MR) is 84.0 cm³/mol. The van der Waals surface area contributed by atoms with E-state index in [-0.39, 0.29) is 5.56 Å². The maximum atomic E-state index is 13.9. The minimum absolute atomic E-state index is 0.281. The molecule has 3 aromatic carbocycles. The Bertz CT molecular complexity index is 817. The van der Waals surface area contributed by atoms with Crippen molar-refractivity contribution in [2.45, 2.75) is 6.04 Å². The van der Waals surface area contributed by atoms with Crippen molar-refractivity contribution in [3.05, 3.63) is 81.8 Å². The van der Waals surface area contributed by atoms with Gasteiger partial charge in [-0.3, -0.25) is 0 Å². The van der Waals surface area contributed by atoms with Crippen molar-refractivity contribution in [3.8, 4) is 0 Å². The lowest BCUT2D eigenvalue weighted by molar-refractivity contribution is 0.566. The molecule has 106 valence electrons. The Morgan fingerprint density at radius 1 is 0.857 bits per heavy atom. The first-order valence-electron chi connectivity index (χ1n) is 6.45. The van der Waals surface area contributed by atoms with Crippen LogP contribution in [0.4, 0.5) is 8.78 Å². The number of fused-ring (bicyclic) bond motifs is 1. The molecule has 1 unspecified atom stereocenters. The van der Waals surface area contributed by atoms with Gasteiger partial charge < -0.3 is 5.73 Å². The molecule has 0 aliphatic carbocycles. The smallest absolute Gasteiger partial charge is 0.131 e. The molecule has 0 amide bonds. The van der Waals surface area contributed by atoms with Gasteiger partial charge in [0.15, 0.2) is 0 Å². The third kappa shape index (κ3) is 2.57. The number of rotatable bonds is 2. The summed E-state index contributed by atoms with van der Waals surface area (Å²) < 4.78 is 27.9. The molecular weight excluding hydrogens is 336 g/mol. The van der Waals surface area contributed by atoms with Crippen LogP contribution in [0, 0.1) is 11.6 Å². The van der Waals surface area contributed by atoms with Crippen LogP contribution in [0.5, 0.6) is 0 Å². The molecule has 0 spiro atoms. The third-order valence-corrected chi connectivity index (χ3v) is 4.23. The Kier molecular flexibility index (Phi) is 3.74. The molecule has 0 aliphatic heterocycles. The molecule has 4 heteroatoms. The van der Waals surface area contributed by atoms with Crippen LogP contribution in [0.1, 0.15) is 17.2 Å². The Morgan fingerprint density at radius 3 is 2.24 bits per heavy atom. The second-order valence-corrected chi connectivity index (χ2v) is 5.68. The first kappa shape index (κ1) is 14.2. The predicted octanol–water partition coefficient (Wildman–Crippen LogP) is 4.93. The largest absolute Gasteiger partial charge is 0.320 e. The van der Waals surface area contributed by atoms with E-state index >= 15 is 0 Å². The first-order valence-corrected chi connectivity index (χ1v) is 7.25. The number of halogens is 3. The molecule has 0 aliphatic rings. The summed E-state index contributed by atoms with van der Waals surface area (Å²) in [5.74, 6) is -1.24. The van der Waals surface area contributed by atoms with Crippen molar-refractivity contribution < 1.29 is 8.78 Å².